The van der Waals surface area contributed by atoms with Crippen LogP contribution >= 0.6 is 0 Å². The highest BCUT2D eigenvalue weighted by atomic mass is 16.4. The molecule has 9 heteroatoms. The van der Waals surface area contributed by atoms with E-state index in [1.165, 1.54) is 17.1 Å². The second kappa shape index (κ2) is 9.78. The minimum atomic E-state index is -1.31. The minimum Gasteiger partial charge on any atom is -0.508 e. The normalized spacial score (nSPS) is 21.8. The molecule has 1 aliphatic carbocycles. The van der Waals surface area contributed by atoms with E-state index in [0.29, 0.717) is 30.8 Å². The average molecular weight is 463 g/mol. The van der Waals surface area contributed by atoms with E-state index in [4.69, 9.17) is 5.73 Å². The molecule has 3 aliphatic rings. The molecule has 0 unspecified atom stereocenters. The number of nitrogens with two attached hydrogens (primary N) is 1. The number of carbonyl (C=O) groups excluding carboxylic acids is 2. The van der Waals surface area contributed by atoms with E-state index in [9.17, 15) is 24.6 Å². The number of amides is 2. The topological polar surface area (TPSA) is 137 Å². The summed E-state index contributed by atoms with van der Waals surface area (Å²) in [6.07, 6.45) is 9.22. The number of rotatable bonds is 4. The second-order valence-electron chi connectivity index (χ2n) is 8.24. The van der Waals surface area contributed by atoms with Crippen molar-refractivity contribution in [2.75, 3.05) is 22.9 Å². The number of aliphatic imine (C=N–C) groups is 1. The Balaban J connectivity index is 1.66. The third-order valence-corrected chi connectivity index (χ3v) is 5.99. The standard InChI is InChI=1S/C25H26N4O5/c26-22(25(33)34)20-13-15-29(24(32)23(20)27-16-4-3-5-19(30)12-7-16)18-10-8-17(9-11-18)28-14-2-1-6-21(28)31/h3,5,7-12,30H,1-2,4,6,13-15,26H2,(H,33,34). The molecular weight excluding hydrogens is 436 g/mol. The average Bonchev–Trinajstić information content (AvgIpc) is 3.04. The number of hydrogen-bond acceptors (Lipinski definition) is 6. The zero-order chi connectivity index (χ0) is 24.2. The van der Waals surface area contributed by atoms with Crippen LogP contribution in [0.25, 0.3) is 0 Å². The van der Waals surface area contributed by atoms with Gasteiger partial charge >= 0.3 is 5.97 Å². The lowest BCUT2D eigenvalue weighted by Gasteiger charge is -2.31. The molecule has 0 saturated carbocycles. The fourth-order valence-electron chi connectivity index (χ4n) is 4.18. The van der Waals surface area contributed by atoms with E-state index < -0.39 is 17.6 Å². The molecule has 0 bridgehead atoms. The van der Waals surface area contributed by atoms with Crippen LogP contribution in [0.4, 0.5) is 11.4 Å². The van der Waals surface area contributed by atoms with E-state index in [-0.39, 0.29) is 35.9 Å². The first-order valence-corrected chi connectivity index (χ1v) is 11.1. The largest absolute Gasteiger partial charge is 0.508 e. The highest BCUT2D eigenvalue weighted by Gasteiger charge is 2.33. The lowest BCUT2D eigenvalue weighted by molar-refractivity contribution is -0.132. The number of piperidine rings is 2. The van der Waals surface area contributed by atoms with Crippen molar-refractivity contribution in [1.29, 1.82) is 0 Å². The van der Waals surface area contributed by atoms with Crippen molar-refractivity contribution in [3.63, 3.8) is 0 Å². The maximum atomic E-state index is 13.5. The summed E-state index contributed by atoms with van der Waals surface area (Å²) in [5.41, 5.74) is 7.44. The molecule has 176 valence electrons. The predicted molar refractivity (Wildman–Crippen MR) is 128 cm³/mol. The molecule has 1 aromatic carbocycles. The first kappa shape index (κ1) is 23.0. The fraction of sp³-hybridized carbons (Fsp3) is 0.280. The fourth-order valence-corrected chi connectivity index (χ4v) is 4.18. The van der Waals surface area contributed by atoms with Crippen LogP contribution in [0, 0.1) is 0 Å². The van der Waals surface area contributed by atoms with E-state index in [1.54, 1.807) is 29.2 Å². The molecule has 0 aromatic heterocycles. The SMILES string of the molecule is NC(C(=O)O)=C1CCN(c2ccc(N3CCCCC3=O)cc2)C(=O)C1=NC1=CC=C(O)C=CC1. The van der Waals surface area contributed by atoms with Gasteiger partial charge in [-0.2, -0.15) is 0 Å². The van der Waals surface area contributed by atoms with E-state index in [2.05, 4.69) is 4.99 Å². The van der Waals surface area contributed by atoms with Crippen LogP contribution in [0.3, 0.4) is 0 Å². The number of carboxylic acids is 1. The van der Waals surface area contributed by atoms with Gasteiger partial charge in [-0.1, -0.05) is 6.08 Å². The summed E-state index contributed by atoms with van der Waals surface area (Å²) in [5, 5.41) is 19.1. The van der Waals surface area contributed by atoms with Crippen molar-refractivity contribution >= 4 is 34.9 Å². The van der Waals surface area contributed by atoms with Gasteiger partial charge in [0.1, 0.15) is 17.2 Å². The summed E-state index contributed by atoms with van der Waals surface area (Å²) >= 11 is 0. The third-order valence-electron chi connectivity index (χ3n) is 5.99. The number of aliphatic hydroxyl groups is 1. The van der Waals surface area contributed by atoms with Gasteiger partial charge in [0.05, 0.1) is 0 Å². The molecule has 4 N–H and O–H groups in total. The molecule has 34 heavy (non-hydrogen) atoms. The third kappa shape index (κ3) is 4.78. The molecule has 2 saturated heterocycles. The molecule has 4 rings (SSSR count). The maximum Gasteiger partial charge on any atom is 0.352 e. The number of allylic oxidation sites excluding steroid dienone is 4. The number of anilines is 2. The van der Waals surface area contributed by atoms with Crippen LogP contribution in [0.15, 0.2) is 76.3 Å². The molecule has 0 spiro atoms. The number of carboxylic acid groups (broad SMARTS) is 1. The quantitative estimate of drug-likeness (QED) is 0.589. The van der Waals surface area contributed by atoms with Crippen LogP contribution in [0.5, 0.6) is 0 Å². The molecule has 0 radical (unpaired) electrons. The molecular formula is C25H26N4O5. The van der Waals surface area contributed by atoms with Gasteiger partial charge in [0.25, 0.3) is 5.91 Å². The van der Waals surface area contributed by atoms with Crippen molar-refractivity contribution in [1.82, 2.24) is 0 Å². The van der Waals surface area contributed by atoms with Gasteiger partial charge in [0.2, 0.25) is 5.91 Å². The summed E-state index contributed by atoms with van der Waals surface area (Å²) in [6, 6.07) is 7.17. The van der Waals surface area contributed by atoms with Gasteiger partial charge in [-0.3, -0.25) is 9.59 Å². The Labute approximate surface area is 196 Å². The van der Waals surface area contributed by atoms with Crippen molar-refractivity contribution in [3.8, 4) is 0 Å². The van der Waals surface area contributed by atoms with Crippen LogP contribution in [-0.4, -0.2) is 46.8 Å². The van der Waals surface area contributed by atoms with Crippen molar-refractivity contribution < 1.29 is 24.6 Å². The van der Waals surface area contributed by atoms with Crippen LogP contribution in [-0.2, 0) is 14.4 Å². The Bertz CT molecular complexity index is 1170. The first-order valence-electron chi connectivity index (χ1n) is 11.1. The van der Waals surface area contributed by atoms with E-state index in [1.807, 2.05) is 12.1 Å². The number of hydrogen-bond donors (Lipinski definition) is 3. The smallest absolute Gasteiger partial charge is 0.352 e. The number of nitrogens with zero attached hydrogens (tertiary/aromatic N) is 3. The second-order valence-corrected chi connectivity index (χ2v) is 8.24. The maximum absolute atomic E-state index is 13.5. The Kier molecular flexibility index (Phi) is 6.62. The molecule has 2 aliphatic heterocycles. The zero-order valence-electron chi connectivity index (χ0n) is 18.6. The Hall–Kier alpha value is -4.14. The van der Waals surface area contributed by atoms with Crippen molar-refractivity contribution in [2.45, 2.75) is 32.1 Å². The first-order chi connectivity index (χ1) is 16.3. The van der Waals surface area contributed by atoms with Crippen LogP contribution < -0.4 is 15.5 Å². The summed E-state index contributed by atoms with van der Waals surface area (Å²) in [6.45, 7) is 0.913. The van der Waals surface area contributed by atoms with Crippen LogP contribution in [0.2, 0.25) is 0 Å². The number of aliphatic carboxylic acids is 1. The Morgan fingerprint density at radius 2 is 1.68 bits per heavy atom. The van der Waals surface area contributed by atoms with Gasteiger partial charge in [0, 0.05) is 48.6 Å². The Morgan fingerprint density at radius 1 is 0.971 bits per heavy atom. The number of benzene rings is 1. The van der Waals surface area contributed by atoms with Gasteiger partial charge in [0.15, 0.2) is 0 Å². The molecule has 1 aromatic rings. The highest BCUT2D eigenvalue weighted by molar-refractivity contribution is 6.51. The molecule has 9 nitrogen and oxygen atoms in total. The zero-order valence-corrected chi connectivity index (χ0v) is 18.6. The van der Waals surface area contributed by atoms with E-state index >= 15 is 0 Å². The monoisotopic (exact) mass is 462 g/mol. The lowest BCUT2D eigenvalue weighted by atomic mass is 9.97. The number of carbonyl (C=O) groups is 3. The van der Waals surface area contributed by atoms with Gasteiger partial charge in [-0.25, -0.2) is 9.79 Å². The van der Waals surface area contributed by atoms with Crippen LogP contribution in [0.1, 0.15) is 32.1 Å². The van der Waals surface area contributed by atoms with Crippen molar-refractivity contribution in [2.24, 2.45) is 10.7 Å². The minimum absolute atomic E-state index is 0.0316. The predicted octanol–water partition coefficient (Wildman–Crippen LogP) is 2.96. The summed E-state index contributed by atoms with van der Waals surface area (Å²) < 4.78 is 0. The summed E-state index contributed by atoms with van der Waals surface area (Å²) in [7, 11) is 0. The molecule has 2 heterocycles. The lowest BCUT2D eigenvalue weighted by Crippen LogP contribution is -2.44. The summed E-state index contributed by atoms with van der Waals surface area (Å²) in [4.78, 5) is 45.0. The Morgan fingerprint density at radius 3 is 2.35 bits per heavy atom. The molecule has 2 amide bonds. The van der Waals surface area contributed by atoms with Gasteiger partial charge in [-0.15, -0.1) is 0 Å². The molecule has 2 fully saturated rings. The number of aliphatic hydroxyl groups excluding tert-OH is 1. The van der Waals surface area contributed by atoms with Gasteiger partial charge < -0.3 is 25.7 Å². The van der Waals surface area contributed by atoms with E-state index in [0.717, 1.165) is 18.5 Å². The summed E-state index contributed by atoms with van der Waals surface area (Å²) in [5.74, 6) is -1.63. The van der Waals surface area contributed by atoms with Crippen molar-refractivity contribution in [3.05, 3.63) is 71.3 Å². The van der Waals surface area contributed by atoms with Gasteiger partial charge in [-0.05, 0) is 61.8 Å². The molecule has 0 atom stereocenters. The highest BCUT2D eigenvalue weighted by Crippen LogP contribution is 2.28.